The van der Waals surface area contributed by atoms with E-state index >= 15 is 0 Å². The Kier molecular flexibility index (Phi) is 4.20. The van der Waals surface area contributed by atoms with Crippen molar-refractivity contribution in [3.05, 3.63) is 0 Å². The Balaban J connectivity index is 2.78. The van der Waals surface area contributed by atoms with Crippen molar-refractivity contribution in [2.75, 3.05) is 13.2 Å². The number of carbonyl (C=O) groups excluding carboxylic acids is 1. The molecule has 0 saturated carbocycles. The monoisotopic (exact) mass is 269 g/mol. The summed E-state index contributed by atoms with van der Waals surface area (Å²) in [5, 5.41) is 10.2. The van der Waals surface area contributed by atoms with Crippen molar-refractivity contribution < 1.29 is 32.6 Å². The molecule has 0 aromatic heterocycles. The molecule has 1 aliphatic heterocycles. The van der Waals surface area contributed by atoms with Gasteiger partial charge in [0, 0.05) is 19.1 Å². The molecule has 1 aliphatic rings. The molecule has 0 bridgehead atoms. The fourth-order valence-corrected chi connectivity index (χ4v) is 1.55. The first-order valence-electron chi connectivity index (χ1n) is 5.38. The highest BCUT2D eigenvalue weighted by molar-refractivity contribution is 5.88. The van der Waals surface area contributed by atoms with E-state index in [1.807, 2.05) is 0 Å². The largest absolute Gasteiger partial charge is 0.479 e. The van der Waals surface area contributed by atoms with E-state index in [0.29, 0.717) is 19.8 Å². The average molecular weight is 269 g/mol. The fourth-order valence-electron chi connectivity index (χ4n) is 1.55. The lowest BCUT2D eigenvalue weighted by molar-refractivity contribution is -0.207. The second-order valence-electron chi connectivity index (χ2n) is 4.30. The van der Waals surface area contributed by atoms with Crippen molar-refractivity contribution in [2.24, 2.45) is 5.92 Å². The zero-order valence-electron chi connectivity index (χ0n) is 9.71. The van der Waals surface area contributed by atoms with E-state index in [1.54, 1.807) is 5.32 Å². The van der Waals surface area contributed by atoms with E-state index in [2.05, 4.69) is 0 Å². The number of alkyl halides is 3. The molecule has 0 radical (unpaired) electrons. The lowest BCUT2D eigenvalue weighted by Crippen LogP contribution is -2.63. The summed E-state index contributed by atoms with van der Waals surface area (Å²) in [6.45, 7) is 1.01. The Morgan fingerprint density at radius 3 is 2.17 bits per heavy atom. The third kappa shape index (κ3) is 2.92. The van der Waals surface area contributed by atoms with Gasteiger partial charge in [-0.25, -0.2) is 4.79 Å². The number of hydrogen-bond acceptors (Lipinski definition) is 3. The number of hydrogen-bond donors (Lipinski definition) is 2. The van der Waals surface area contributed by atoms with Crippen LogP contribution < -0.4 is 5.32 Å². The van der Waals surface area contributed by atoms with Gasteiger partial charge in [-0.2, -0.15) is 13.2 Å². The third-order valence-corrected chi connectivity index (χ3v) is 2.96. The topological polar surface area (TPSA) is 75.6 Å². The standard InChI is InChI=1S/C10H14F3NO4/c1-9(8(16)17,10(11,12)13)14-7(15)6-2-4-18-5-3-6/h6H,2-5H2,1H3,(H,14,15)(H,16,17). The van der Waals surface area contributed by atoms with Crippen molar-refractivity contribution in [3.63, 3.8) is 0 Å². The normalized spacial score (nSPS) is 21.1. The summed E-state index contributed by atoms with van der Waals surface area (Å²) < 4.78 is 43.0. The van der Waals surface area contributed by atoms with Gasteiger partial charge in [-0.1, -0.05) is 0 Å². The molecular weight excluding hydrogens is 255 g/mol. The Bertz CT molecular complexity index is 339. The van der Waals surface area contributed by atoms with Crippen LogP contribution in [0, 0.1) is 5.92 Å². The van der Waals surface area contributed by atoms with Gasteiger partial charge in [0.2, 0.25) is 11.4 Å². The maximum atomic E-state index is 12.7. The van der Waals surface area contributed by atoms with Crippen LogP contribution in [0.5, 0.6) is 0 Å². The first-order valence-corrected chi connectivity index (χ1v) is 5.38. The molecule has 0 aliphatic carbocycles. The number of rotatable bonds is 3. The third-order valence-electron chi connectivity index (χ3n) is 2.96. The second kappa shape index (κ2) is 5.13. The van der Waals surface area contributed by atoms with E-state index in [4.69, 9.17) is 9.84 Å². The van der Waals surface area contributed by atoms with Crippen molar-refractivity contribution in [1.82, 2.24) is 5.32 Å². The van der Waals surface area contributed by atoms with E-state index in [1.165, 1.54) is 0 Å². The van der Waals surface area contributed by atoms with Crippen LogP contribution in [-0.2, 0) is 14.3 Å². The predicted octanol–water partition coefficient (Wildman–Crippen LogP) is 0.935. The second-order valence-corrected chi connectivity index (χ2v) is 4.30. The summed E-state index contributed by atoms with van der Waals surface area (Å²) in [6, 6.07) is 0. The summed E-state index contributed by atoms with van der Waals surface area (Å²) in [5.41, 5.74) is -3.26. The van der Waals surface area contributed by atoms with Crippen molar-refractivity contribution >= 4 is 11.9 Å². The first-order chi connectivity index (χ1) is 8.18. The zero-order valence-corrected chi connectivity index (χ0v) is 9.71. The lowest BCUT2D eigenvalue weighted by atomic mass is 9.95. The predicted molar refractivity (Wildman–Crippen MR) is 53.8 cm³/mol. The number of carboxylic acids is 1. The minimum atomic E-state index is -5.06. The molecule has 2 N–H and O–H groups in total. The zero-order chi connectivity index (χ0) is 14.0. The Morgan fingerprint density at radius 2 is 1.78 bits per heavy atom. The van der Waals surface area contributed by atoms with Crippen molar-refractivity contribution in [1.29, 1.82) is 0 Å². The van der Waals surface area contributed by atoms with Gasteiger partial charge in [0.1, 0.15) is 0 Å². The molecule has 104 valence electrons. The number of halogens is 3. The number of carboxylic acid groups (broad SMARTS) is 1. The molecule has 1 atom stereocenters. The van der Waals surface area contributed by atoms with Gasteiger partial charge < -0.3 is 15.2 Å². The van der Waals surface area contributed by atoms with E-state index < -0.39 is 29.5 Å². The average Bonchev–Trinajstić information content (AvgIpc) is 2.28. The first kappa shape index (κ1) is 14.7. The molecule has 1 unspecified atom stereocenters. The maximum absolute atomic E-state index is 12.7. The molecule has 1 heterocycles. The Morgan fingerprint density at radius 1 is 1.28 bits per heavy atom. The molecule has 1 saturated heterocycles. The SMILES string of the molecule is CC(NC(=O)C1CCOCC1)(C(=O)O)C(F)(F)F. The van der Waals surface area contributed by atoms with Crippen LogP contribution in [0.15, 0.2) is 0 Å². The maximum Gasteiger partial charge on any atom is 0.422 e. The molecule has 8 heteroatoms. The van der Waals surface area contributed by atoms with E-state index in [9.17, 15) is 22.8 Å². The lowest BCUT2D eigenvalue weighted by Gasteiger charge is -2.31. The van der Waals surface area contributed by atoms with Crippen molar-refractivity contribution in [2.45, 2.75) is 31.5 Å². The minimum absolute atomic E-state index is 0.286. The molecular formula is C10H14F3NO4. The smallest absolute Gasteiger partial charge is 0.422 e. The molecule has 18 heavy (non-hydrogen) atoms. The number of aliphatic carboxylic acids is 1. The van der Waals surface area contributed by atoms with E-state index in [0.717, 1.165) is 0 Å². The molecule has 1 fully saturated rings. The van der Waals surface area contributed by atoms with Crippen molar-refractivity contribution in [3.8, 4) is 0 Å². The molecule has 1 amide bonds. The van der Waals surface area contributed by atoms with Crippen LogP contribution in [-0.4, -0.2) is 41.9 Å². The molecule has 0 aromatic rings. The minimum Gasteiger partial charge on any atom is -0.479 e. The van der Waals surface area contributed by atoms with Crippen LogP contribution >= 0.6 is 0 Å². The van der Waals surface area contributed by atoms with Crippen LogP contribution in [0.3, 0.4) is 0 Å². The highest BCUT2D eigenvalue weighted by Gasteiger charge is 2.58. The Labute approximate surface area is 101 Å². The van der Waals surface area contributed by atoms with Crippen LogP contribution in [0.2, 0.25) is 0 Å². The molecule has 0 spiro atoms. The van der Waals surface area contributed by atoms with Gasteiger partial charge in [0.05, 0.1) is 0 Å². The summed E-state index contributed by atoms with van der Waals surface area (Å²) in [7, 11) is 0. The highest BCUT2D eigenvalue weighted by atomic mass is 19.4. The van der Waals surface area contributed by atoms with Gasteiger partial charge in [-0.3, -0.25) is 4.79 Å². The molecule has 5 nitrogen and oxygen atoms in total. The summed E-state index contributed by atoms with van der Waals surface area (Å²) >= 11 is 0. The van der Waals surface area contributed by atoms with Gasteiger partial charge in [-0.05, 0) is 19.8 Å². The molecule has 1 rings (SSSR count). The number of ether oxygens (including phenoxy) is 1. The van der Waals surface area contributed by atoms with Crippen LogP contribution in [0.25, 0.3) is 0 Å². The number of amides is 1. The summed E-state index contributed by atoms with van der Waals surface area (Å²) in [6.07, 6.45) is -4.47. The van der Waals surface area contributed by atoms with E-state index in [-0.39, 0.29) is 13.2 Å². The molecule has 0 aromatic carbocycles. The Hall–Kier alpha value is -1.31. The quantitative estimate of drug-likeness (QED) is 0.799. The van der Waals surface area contributed by atoms with Gasteiger partial charge in [-0.15, -0.1) is 0 Å². The van der Waals surface area contributed by atoms with Crippen LogP contribution in [0.4, 0.5) is 13.2 Å². The van der Waals surface area contributed by atoms with Gasteiger partial charge in [0.25, 0.3) is 0 Å². The van der Waals surface area contributed by atoms with Gasteiger partial charge in [0.15, 0.2) is 0 Å². The number of carbonyl (C=O) groups is 2. The summed E-state index contributed by atoms with van der Waals surface area (Å²) in [4.78, 5) is 22.4. The van der Waals surface area contributed by atoms with Crippen LogP contribution in [0.1, 0.15) is 19.8 Å². The fraction of sp³-hybridized carbons (Fsp3) is 0.800. The van der Waals surface area contributed by atoms with Gasteiger partial charge >= 0.3 is 12.1 Å². The summed E-state index contributed by atoms with van der Waals surface area (Å²) in [5.74, 6) is -3.67. The highest BCUT2D eigenvalue weighted by Crippen LogP contribution is 2.31. The number of nitrogens with one attached hydrogen (secondary N) is 1.